The molecule has 5 heteroatoms. The second-order valence-electron chi connectivity index (χ2n) is 5.64. The molecule has 1 saturated heterocycles. The average molecular weight is 365 g/mol. The zero-order valence-electron chi connectivity index (χ0n) is 14.5. The molecule has 0 atom stereocenters. The van der Waals surface area contributed by atoms with Crippen LogP contribution in [0.1, 0.15) is 18.1 Å². The maximum absolute atomic E-state index is 12.9. The van der Waals surface area contributed by atoms with Gasteiger partial charge in [-0.3, -0.25) is 9.59 Å². The van der Waals surface area contributed by atoms with E-state index < -0.39 is 0 Å². The normalized spacial score (nSPS) is 15.6. The van der Waals surface area contributed by atoms with E-state index in [1.54, 1.807) is 18.2 Å². The molecular weight excluding hydrogens is 346 g/mol. The number of imide groups is 1. The molecule has 1 aliphatic rings. The van der Waals surface area contributed by atoms with Crippen LogP contribution in [-0.2, 0) is 11.2 Å². The van der Waals surface area contributed by atoms with Gasteiger partial charge in [0.05, 0.1) is 10.6 Å². The molecule has 4 nitrogen and oxygen atoms in total. The Labute approximate surface area is 157 Å². The summed E-state index contributed by atoms with van der Waals surface area (Å²) < 4.78 is 5.62. The first kappa shape index (κ1) is 18.0. The molecule has 1 aliphatic heterocycles. The second kappa shape index (κ2) is 8.06. The molecule has 0 radical (unpaired) electrons. The van der Waals surface area contributed by atoms with Crippen molar-refractivity contribution in [3.8, 4) is 5.75 Å². The van der Waals surface area contributed by atoms with E-state index in [2.05, 4.69) is 6.58 Å². The number of ether oxygens (including phenoxy) is 1. The van der Waals surface area contributed by atoms with Crippen LogP contribution < -0.4 is 9.64 Å². The van der Waals surface area contributed by atoms with Crippen molar-refractivity contribution < 1.29 is 14.3 Å². The minimum atomic E-state index is -0.306. The molecule has 3 rings (SSSR count). The number of rotatable bonds is 6. The van der Waals surface area contributed by atoms with Crippen molar-refractivity contribution in [2.24, 2.45) is 0 Å². The van der Waals surface area contributed by atoms with Gasteiger partial charge in [0.15, 0.2) is 0 Å². The van der Waals surface area contributed by atoms with Gasteiger partial charge in [-0.15, -0.1) is 0 Å². The highest BCUT2D eigenvalue weighted by Crippen LogP contribution is 2.38. The highest BCUT2D eigenvalue weighted by Gasteiger charge is 2.37. The van der Waals surface area contributed by atoms with Crippen molar-refractivity contribution in [3.63, 3.8) is 0 Å². The summed E-state index contributed by atoms with van der Waals surface area (Å²) in [6.07, 6.45) is 4.11. The molecule has 26 heavy (non-hydrogen) atoms. The van der Waals surface area contributed by atoms with Gasteiger partial charge in [0, 0.05) is 5.56 Å². The lowest BCUT2D eigenvalue weighted by Gasteiger charge is -2.16. The smallest absolute Gasteiger partial charge is 0.298 e. The predicted molar refractivity (Wildman–Crippen MR) is 106 cm³/mol. The highest BCUT2D eigenvalue weighted by atomic mass is 32.2. The topological polar surface area (TPSA) is 46.6 Å². The van der Waals surface area contributed by atoms with Crippen molar-refractivity contribution in [2.75, 3.05) is 11.5 Å². The molecule has 1 heterocycles. The molecule has 2 aromatic carbocycles. The van der Waals surface area contributed by atoms with E-state index in [1.807, 2.05) is 49.4 Å². The third-order valence-electron chi connectivity index (χ3n) is 3.97. The van der Waals surface area contributed by atoms with Gasteiger partial charge in [-0.05, 0) is 42.0 Å². The Morgan fingerprint density at radius 3 is 2.62 bits per heavy atom. The fraction of sp³-hybridized carbons (Fsp3) is 0.143. The summed E-state index contributed by atoms with van der Waals surface area (Å²) >= 11 is 0.946. The van der Waals surface area contributed by atoms with E-state index >= 15 is 0 Å². The molecule has 2 aromatic rings. The number of nitrogens with zero attached hydrogens (tertiary/aromatic N) is 1. The first-order chi connectivity index (χ1) is 12.7. The SMILES string of the molecule is C=CCOc1ccccc1/C=C1\SC(=O)N(c2ccccc2CC)C1=O. The predicted octanol–water partition coefficient (Wildman–Crippen LogP) is 5.05. The van der Waals surface area contributed by atoms with E-state index in [0.717, 1.165) is 29.3 Å². The Morgan fingerprint density at radius 2 is 1.85 bits per heavy atom. The maximum atomic E-state index is 12.9. The number of carbonyl (C=O) groups is 2. The number of benzene rings is 2. The number of anilines is 1. The number of aryl methyl sites for hydroxylation is 1. The number of hydrogen-bond acceptors (Lipinski definition) is 4. The van der Waals surface area contributed by atoms with E-state index in [4.69, 9.17) is 4.74 Å². The summed E-state index contributed by atoms with van der Waals surface area (Å²) in [7, 11) is 0. The van der Waals surface area contributed by atoms with E-state index in [0.29, 0.717) is 22.9 Å². The summed E-state index contributed by atoms with van der Waals surface area (Å²) in [5, 5.41) is -0.286. The number of hydrogen-bond donors (Lipinski definition) is 0. The Bertz CT molecular complexity index is 888. The molecule has 0 bridgehead atoms. The molecule has 1 fully saturated rings. The molecule has 0 spiro atoms. The minimum absolute atomic E-state index is 0.286. The maximum Gasteiger partial charge on any atom is 0.298 e. The molecule has 0 aliphatic carbocycles. The summed E-state index contributed by atoms with van der Waals surface area (Å²) in [5.74, 6) is 0.340. The van der Waals surface area contributed by atoms with Crippen LogP contribution in [0.15, 0.2) is 66.1 Å². The molecule has 2 amide bonds. The summed E-state index contributed by atoms with van der Waals surface area (Å²) in [6, 6.07) is 14.9. The van der Waals surface area contributed by atoms with Crippen LogP contribution in [0.4, 0.5) is 10.5 Å². The van der Waals surface area contributed by atoms with Crippen molar-refractivity contribution in [3.05, 3.63) is 77.2 Å². The van der Waals surface area contributed by atoms with Crippen LogP contribution in [0.2, 0.25) is 0 Å². The zero-order valence-corrected chi connectivity index (χ0v) is 15.3. The summed E-state index contributed by atoms with van der Waals surface area (Å²) in [4.78, 5) is 27.0. The van der Waals surface area contributed by atoms with E-state index in [-0.39, 0.29) is 11.1 Å². The Balaban J connectivity index is 1.95. The van der Waals surface area contributed by atoms with Gasteiger partial charge < -0.3 is 4.74 Å². The van der Waals surface area contributed by atoms with E-state index in [1.165, 1.54) is 4.90 Å². The minimum Gasteiger partial charge on any atom is -0.489 e. The molecule has 0 aromatic heterocycles. The highest BCUT2D eigenvalue weighted by molar-refractivity contribution is 8.19. The van der Waals surface area contributed by atoms with Gasteiger partial charge in [-0.2, -0.15) is 0 Å². The lowest BCUT2D eigenvalue weighted by molar-refractivity contribution is -0.113. The zero-order chi connectivity index (χ0) is 18.5. The van der Waals surface area contributed by atoms with Gasteiger partial charge in [0.2, 0.25) is 0 Å². The Morgan fingerprint density at radius 1 is 1.12 bits per heavy atom. The monoisotopic (exact) mass is 365 g/mol. The first-order valence-electron chi connectivity index (χ1n) is 8.34. The summed E-state index contributed by atoms with van der Waals surface area (Å²) in [5.41, 5.74) is 2.37. The van der Waals surface area contributed by atoms with Gasteiger partial charge in [0.1, 0.15) is 12.4 Å². The number of para-hydroxylation sites is 2. The van der Waals surface area contributed by atoms with Crippen LogP contribution in [0, 0.1) is 0 Å². The lowest BCUT2D eigenvalue weighted by Crippen LogP contribution is -2.28. The van der Waals surface area contributed by atoms with Crippen molar-refractivity contribution in [1.29, 1.82) is 0 Å². The third kappa shape index (κ3) is 3.58. The Hall–Kier alpha value is -2.79. The van der Waals surface area contributed by atoms with Gasteiger partial charge in [-0.25, -0.2) is 4.90 Å². The van der Waals surface area contributed by atoms with Crippen LogP contribution >= 0.6 is 11.8 Å². The van der Waals surface area contributed by atoms with Crippen LogP contribution in [-0.4, -0.2) is 17.8 Å². The number of amides is 2. The first-order valence-corrected chi connectivity index (χ1v) is 9.16. The molecule has 0 unspecified atom stereocenters. The quantitative estimate of drug-likeness (QED) is 0.530. The fourth-order valence-electron chi connectivity index (χ4n) is 2.72. The summed E-state index contributed by atoms with van der Waals surface area (Å²) in [6.45, 7) is 6.01. The number of carbonyl (C=O) groups excluding carboxylic acids is 2. The largest absolute Gasteiger partial charge is 0.489 e. The molecule has 0 N–H and O–H groups in total. The molecular formula is C21H19NO3S. The van der Waals surface area contributed by atoms with Gasteiger partial charge in [0.25, 0.3) is 11.1 Å². The third-order valence-corrected chi connectivity index (χ3v) is 4.84. The van der Waals surface area contributed by atoms with Crippen LogP contribution in [0.5, 0.6) is 5.75 Å². The molecule has 132 valence electrons. The van der Waals surface area contributed by atoms with E-state index in [9.17, 15) is 9.59 Å². The van der Waals surface area contributed by atoms with Gasteiger partial charge in [-0.1, -0.05) is 56.0 Å². The van der Waals surface area contributed by atoms with Crippen molar-refractivity contribution >= 4 is 34.7 Å². The molecule has 0 saturated carbocycles. The standard InChI is InChI=1S/C21H19NO3S/c1-3-13-25-18-12-8-6-10-16(18)14-19-20(23)22(21(24)26-19)17-11-7-5-9-15(17)4-2/h3,5-12,14H,1,4,13H2,2H3/b19-14-. The van der Waals surface area contributed by atoms with Gasteiger partial charge >= 0.3 is 0 Å². The Kier molecular flexibility index (Phi) is 5.58. The average Bonchev–Trinajstić information content (AvgIpc) is 2.94. The fourth-order valence-corrected chi connectivity index (χ4v) is 3.55. The second-order valence-corrected chi connectivity index (χ2v) is 6.63. The van der Waals surface area contributed by atoms with Crippen molar-refractivity contribution in [2.45, 2.75) is 13.3 Å². The lowest BCUT2D eigenvalue weighted by atomic mass is 10.1. The van der Waals surface area contributed by atoms with Crippen LogP contribution in [0.3, 0.4) is 0 Å². The van der Waals surface area contributed by atoms with Crippen molar-refractivity contribution in [1.82, 2.24) is 0 Å². The van der Waals surface area contributed by atoms with Crippen LogP contribution in [0.25, 0.3) is 6.08 Å². The number of thioether (sulfide) groups is 1.